The van der Waals surface area contributed by atoms with Gasteiger partial charge in [0.15, 0.2) is 0 Å². The van der Waals surface area contributed by atoms with E-state index in [1.165, 1.54) is 24.3 Å². The van der Waals surface area contributed by atoms with Gasteiger partial charge in [-0.3, -0.25) is 9.59 Å². The van der Waals surface area contributed by atoms with Crippen molar-refractivity contribution in [2.24, 2.45) is 0 Å². The second kappa shape index (κ2) is 15.7. The Morgan fingerprint density at radius 1 is 0.674 bits per heavy atom. The van der Waals surface area contributed by atoms with Crippen molar-refractivity contribution in [3.05, 3.63) is 96.1 Å². The van der Waals surface area contributed by atoms with Crippen molar-refractivity contribution >= 4 is 11.8 Å². The maximum absolute atomic E-state index is 14.6. The maximum Gasteiger partial charge on any atom is 0.411 e. The van der Waals surface area contributed by atoms with Gasteiger partial charge in [-0.05, 0) is 74.4 Å². The van der Waals surface area contributed by atoms with Gasteiger partial charge in [0.1, 0.15) is 0 Å². The number of benzene rings is 2. The Morgan fingerprint density at radius 3 is 1.28 bits per heavy atom. The van der Waals surface area contributed by atoms with Crippen molar-refractivity contribution in [3.8, 4) is 0 Å². The molecule has 0 aliphatic heterocycles. The molecule has 2 N–H and O–H groups in total. The van der Waals surface area contributed by atoms with Crippen LogP contribution in [0.2, 0.25) is 0 Å². The van der Waals surface area contributed by atoms with Crippen LogP contribution in [0.25, 0.3) is 0 Å². The summed E-state index contributed by atoms with van der Waals surface area (Å²) in [6.07, 6.45) is -7.85. The van der Waals surface area contributed by atoms with Crippen LogP contribution in [0.3, 0.4) is 0 Å². The van der Waals surface area contributed by atoms with Crippen molar-refractivity contribution in [2.45, 2.75) is 43.7 Å². The number of nitrogens with one attached hydrogen (secondary N) is 2. The molecule has 2 amide bonds. The van der Waals surface area contributed by atoms with E-state index in [1.54, 1.807) is 14.1 Å². The number of hydrogen-bond donors (Lipinski definition) is 2. The van der Waals surface area contributed by atoms with Crippen molar-refractivity contribution in [1.29, 1.82) is 0 Å². The highest BCUT2D eigenvalue weighted by Crippen LogP contribution is 2.56. The lowest BCUT2D eigenvalue weighted by Gasteiger charge is -2.38. The van der Waals surface area contributed by atoms with Crippen molar-refractivity contribution in [2.75, 3.05) is 40.3 Å². The van der Waals surface area contributed by atoms with E-state index in [-0.39, 0.29) is 11.8 Å². The molecule has 0 unspecified atom stereocenters. The van der Waals surface area contributed by atoms with Gasteiger partial charge in [0.2, 0.25) is 17.2 Å². The van der Waals surface area contributed by atoms with E-state index in [0.717, 1.165) is 36.4 Å². The predicted molar refractivity (Wildman–Crippen MR) is 154 cm³/mol. The smallest absolute Gasteiger partial charge is 0.353 e. The summed E-state index contributed by atoms with van der Waals surface area (Å²) in [6.45, 7) is 9.20. The van der Waals surface area contributed by atoms with Crippen LogP contribution in [-0.2, 0) is 28.1 Å². The molecule has 0 bridgehead atoms. The number of carbonyl (C=O) groups is 2. The zero-order valence-corrected chi connectivity index (χ0v) is 24.3. The first-order valence-corrected chi connectivity index (χ1v) is 13.7. The summed E-state index contributed by atoms with van der Waals surface area (Å²) in [7, 11) is 3.53. The van der Waals surface area contributed by atoms with Crippen LogP contribution in [0.15, 0.2) is 73.8 Å². The van der Waals surface area contributed by atoms with Crippen LogP contribution in [-0.4, -0.2) is 74.2 Å². The van der Waals surface area contributed by atoms with Gasteiger partial charge in [-0.25, -0.2) is 0 Å². The Bertz CT molecular complexity index is 1120. The fraction of sp³-hybridized carbons (Fsp3) is 0.419. The fourth-order valence-electron chi connectivity index (χ4n) is 4.75. The SMILES string of the molecule is C=CC(=O)NCCCN(C)Cc1ccc(C(c2ccc(CN(C)CCCNC(=O)C=C)cc2)(C(F)(F)F)C(F)(F)F)cc1. The molecule has 2 rings (SSSR count). The van der Waals surface area contributed by atoms with Gasteiger partial charge in [0, 0.05) is 26.2 Å². The second-order valence-corrected chi connectivity index (χ2v) is 10.3. The molecule has 0 spiro atoms. The number of rotatable bonds is 16. The lowest BCUT2D eigenvalue weighted by atomic mass is 9.72. The normalized spacial score (nSPS) is 12.3. The molecule has 0 fully saturated rings. The highest BCUT2D eigenvalue weighted by molar-refractivity contribution is 5.87. The van der Waals surface area contributed by atoms with E-state index in [9.17, 15) is 35.9 Å². The molecule has 0 aliphatic rings. The number of carbonyl (C=O) groups excluding carboxylic acids is 2. The number of hydrogen-bond acceptors (Lipinski definition) is 4. The van der Waals surface area contributed by atoms with E-state index < -0.39 is 28.9 Å². The lowest BCUT2D eigenvalue weighted by Crippen LogP contribution is -2.54. The van der Waals surface area contributed by atoms with E-state index in [1.807, 2.05) is 9.80 Å². The molecule has 0 heterocycles. The number of halogens is 6. The van der Waals surface area contributed by atoms with Crippen LogP contribution in [0.4, 0.5) is 26.3 Å². The third kappa shape index (κ3) is 9.69. The van der Waals surface area contributed by atoms with Crippen LogP contribution in [0.5, 0.6) is 0 Å². The minimum atomic E-state index is -5.67. The monoisotopic (exact) mass is 612 g/mol. The Balaban J connectivity index is 2.22. The Morgan fingerprint density at radius 2 is 1.00 bits per heavy atom. The van der Waals surface area contributed by atoms with Gasteiger partial charge < -0.3 is 20.4 Å². The Hall–Kier alpha value is -3.64. The Kier molecular flexibility index (Phi) is 13.0. The lowest BCUT2D eigenvalue weighted by molar-refractivity contribution is -0.288. The van der Waals surface area contributed by atoms with Gasteiger partial charge in [-0.15, -0.1) is 0 Å². The molecule has 43 heavy (non-hydrogen) atoms. The molecule has 0 saturated heterocycles. The molecule has 12 heteroatoms. The van der Waals surface area contributed by atoms with Gasteiger partial charge in [-0.2, -0.15) is 26.3 Å². The summed E-state index contributed by atoms with van der Waals surface area (Å²) >= 11 is 0. The van der Waals surface area contributed by atoms with E-state index in [4.69, 9.17) is 0 Å². The average molecular weight is 613 g/mol. The van der Waals surface area contributed by atoms with Gasteiger partial charge in [-0.1, -0.05) is 61.7 Å². The van der Waals surface area contributed by atoms with Gasteiger partial charge >= 0.3 is 12.4 Å². The van der Waals surface area contributed by atoms with Gasteiger partial charge in [0.25, 0.3) is 0 Å². The summed E-state index contributed by atoms with van der Waals surface area (Å²) in [5.41, 5.74) is -4.97. The van der Waals surface area contributed by atoms with Gasteiger partial charge in [0.05, 0.1) is 0 Å². The van der Waals surface area contributed by atoms with Crippen molar-refractivity contribution in [1.82, 2.24) is 20.4 Å². The second-order valence-electron chi connectivity index (χ2n) is 10.3. The third-order valence-corrected chi connectivity index (χ3v) is 6.93. The summed E-state index contributed by atoms with van der Waals surface area (Å²) in [5, 5.41) is 5.27. The minimum absolute atomic E-state index is 0.295. The van der Waals surface area contributed by atoms with Crippen LogP contribution >= 0.6 is 0 Å². The molecule has 236 valence electrons. The van der Waals surface area contributed by atoms with Crippen molar-refractivity contribution < 1.29 is 35.9 Å². The minimum Gasteiger partial charge on any atom is -0.353 e. The highest BCUT2D eigenvalue weighted by atomic mass is 19.4. The first-order valence-electron chi connectivity index (χ1n) is 13.7. The predicted octanol–water partition coefficient (Wildman–Crippen LogP) is 5.35. The molecule has 0 aliphatic carbocycles. The highest BCUT2D eigenvalue weighted by Gasteiger charge is 2.72. The van der Waals surface area contributed by atoms with Crippen LogP contribution < -0.4 is 10.6 Å². The quantitative estimate of drug-likeness (QED) is 0.153. The molecule has 2 aromatic carbocycles. The van der Waals surface area contributed by atoms with Crippen molar-refractivity contribution in [3.63, 3.8) is 0 Å². The first-order chi connectivity index (χ1) is 20.1. The van der Waals surface area contributed by atoms with Crippen LogP contribution in [0.1, 0.15) is 35.1 Å². The molecule has 6 nitrogen and oxygen atoms in total. The topological polar surface area (TPSA) is 64.7 Å². The van der Waals surface area contributed by atoms with E-state index >= 15 is 0 Å². The van der Waals surface area contributed by atoms with E-state index in [0.29, 0.717) is 63.2 Å². The summed E-state index contributed by atoms with van der Waals surface area (Å²) in [4.78, 5) is 26.1. The standard InChI is InChI=1S/C31H38F6N4O2/c1-5-27(42)38-17-7-19-40(3)21-23-9-13-25(14-10-23)29(30(32,33)34,31(35,36)37)26-15-11-24(12-16-26)22-41(4)20-8-18-39-28(43)6-2/h5-6,9-16H,1-2,7-8,17-22H2,3-4H3,(H,38,42)(H,39,43). The summed E-state index contributed by atoms with van der Waals surface area (Å²) < 4.78 is 87.4. The van der Waals surface area contributed by atoms with E-state index in [2.05, 4.69) is 23.8 Å². The molecule has 0 radical (unpaired) electrons. The van der Waals surface area contributed by atoms with Crippen LogP contribution in [0, 0.1) is 0 Å². The zero-order chi connectivity index (χ0) is 32.3. The first kappa shape index (κ1) is 35.6. The number of amides is 2. The molecule has 0 atom stereocenters. The maximum atomic E-state index is 14.6. The average Bonchev–Trinajstić information content (AvgIpc) is 2.93. The largest absolute Gasteiger partial charge is 0.411 e. The summed E-state index contributed by atoms with van der Waals surface area (Å²) in [5.74, 6) is -0.609. The number of nitrogens with zero attached hydrogens (tertiary/aromatic N) is 2. The molecular weight excluding hydrogens is 574 g/mol. The fourth-order valence-corrected chi connectivity index (χ4v) is 4.75. The Labute approximate surface area is 248 Å². The third-order valence-electron chi connectivity index (χ3n) is 6.93. The zero-order valence-electron chi connectivity index (χ0n) is 24.3. The summed E-state index contributed by atoms with van der Waals surface area (Å²) in [6, 6.07) is 8.67. The number of alkyl halides is 6. The molecule has 0 saturated carbocycles. The molecule has 2 aromatic rings. The molecular formula is C31H38F6N4O2. The molecule has 0 aromatic heterocycles.